The molecule has 1 heterocycles. The molecule has 0 aromatic carbocycles. The summed E-state index contributed by atoms with van der Waals surface area (Å²) < 4.78 is 25.5. The molecule has 0 aromatic heterocycles. The van der Waals surface area contributed by atoms with Crippen molar-refractivity contribution in [2.24, 2.45) is 0 Å². The van der Waals surface area contributed by atoms with E-state index in [2.05, 4.69) is 5.32 Å². The number of rotatable bonds is 5. The maximum absolute atomic E-state index is 12.0. The summed E-state index contributed by atoms with van der Waals surface area (Å²) in [5.74, 6) is -1.04. The van der Waals surface area contributed by atoms with Crippen LogP contribution in [0.3, 0.4) is 0 Å². The van der Waals surface area contributed by atoms with Crippen LogP contribution < -0.4 is 5.32 Å². The quantitative estimate of drug-likeness (QED) is 0.722. The first-order valence-electron chi connectivity index (χ1n) is 5.77. The van der Waals surface area contributed by atoms with Crippen LogP contribution in [0.1, 0.15) is 26.7 Å². The maximum Gasteiger partial charge on any atom is 0.303 e. The normalized spacial score (nSPS) is 26.9. The number of nitrogens with one attached hydrogen (secondary N) is 1. The van der Waals surface area contributed by atoms with E-state index in [-0.39, 0.29) is 30.7 Å². The third kappa shape index (κ3) is 4.25. The molecular formula is C10H20N2O4S. The lowest BCUT2D eigenvalue weighted by Gasteiger charge is -2.36. The second kappa shape index (κ2) is 5.79. The van der Waals surface area contributed by atoms with Gasteiger partial charge >= 0.3 is 5.97 Å². The summed E-state index contributed by atoms with van der Waals surface area (Å²) in [5.41, 5.74) is 0. The zero-order valence-corrected chi connectivity index (χ0v) is 11.0. The molecule has 1 rings (SSSR count). The molecule has 1 saturated heterocycles. The van der Waals surface area contributed by atoms with Gasteiger partial charge in [-0.15, -0.1) is 0 Å². The largest absolute Gasteiger partial charge is 0.481 e. The lowest BCUT2D eigenvalue weighted by Crippen LogP contribution is -2.56. The Morgan fingerprint density at radius 3 is 2.71 bits per heavy atom. The molecule has 0 aromatic rings. The summed E-state index contributed by atoms with van der Waals surface area (Å²) >= 11 is 0. The Morgan fingerprint density at radius 1 is 1.47 bits per heavy atom. The van der Waals surface area contributed by atoms with Crippen molar-refractivity contribution in [3.8, 4) is 0 Å². The molecule has 6 nitrogen and oxygen atoms in total. The van der Waals surface area contributed by atoms with Gasteiger partial charge in [0.1, 0.15) is 0 Å². The lowest BCUT2D eigenvalue weighted by molar-refractivity contribution is -0.137. The van der Waals surface area contributed by atoms with E-state index in [1.807, 2.05) is 13.8 Å². The third-order valence-corrected chi connectivity index (χ3v) is 4.89. The minimum absolute atomic E-state index is 0.0685. The van der Waals surface area contributed by atoms with Gasteiger partial charge in [-0.2, -0.15) is 4.31 Å². The van der Waals surface area contributed by atoms with E-state index in [1.54, 1.807) is 0 Å². The van der Waals surface area contributed by atoms with Gasteiger partial charge in [0.25, 0.3) is 0 Å². The Bertz CT molecular complexity index is 369. The molecule has 17 heavy (non-hydrogen) atoms. The van der Waals surface area contributed by atoms with Gasteiger partial charge in [-0.3, -0.25) is 4.79 Å². The summed E-state index contributed by atoms with van der Waals surface area (Å²) in [5, 5.41) is 11.7. The van der Waals surface area contributed by atoms with Crippen molar-refractivity contribution in [1.29, 1.82) is 0 Å². The van der Waals surface area contributed by atoms with E-state index < -0.39 is 16.0 Å². The number of hydrogen-bond donors (Lipinski definition) is 2. The molecule has 0 radical (unpaired) electrons. The summed E-state index contributed by atoms with van der Waals surface area (Å²) in [7, 11) is -3.33. The third-order valence-electron chi connectivity index (χ3n) is 2.86. The second-order valence-corrected chi connectivity index (χ2v) is 6.58. The van der Waals surface area contributed by atoms with Gasteiger partial charge in [0.2, 0.25) is 10.0 Å². The Kier molecular flexibility index (Phi) is 4.91. The molecule has 2 N–H and O–H groups in total. The van der Waals surface area contributed by atoms with E-state index in [4.69, 9.17) is 5.11 Å². The monoisotopic (exact) mass is 264 g/mol. The van der Waals surface area contributed by atoms with E-state index >= 15 is 0 Å². The number of piperazine rings is 1. The number of carboxylic acids is 1. The molecule has 0 aliphatic carbocycles. The molecule has 1 aliphatic heterocycles. The summed E-state index contributed by atoms with van der Waals surface area (Å²) in [4.78, 5) is 10.4. The van der Waals surface area contributed by atoms with Crippen molar-refractivity contribution in [1.82, 2.24) is 9.62 Å². The summed E-state index contributed by atoms with van der Waals surface area (Å²) in [6.07, 6.45) is 0.0674. The minimum Gasteiger partial charge on any atom is -0.481 e. The van der Waals surface area contributed by atoms with Crippen LogP contribution >= 0.6 is 0 Å². The molecule has 0 spiro atoms. The van der Waals surface area contributed by atoms with Crippen LogP contribution in [0.15, 0.2) is 0 Å². The highest BCUT2D eigenvalue weighted by Gasteiger charge is 2.31. The highest BCUT2D eigenvalue weighted by atomic mass is 32.2. The minimum atomic E-state index is -3.33. The number of sulfonamides is 1. The zero-order chi connectivity index (χ0) is 13.1. The van der Waals surface area contributed by atoms with Crippen molar-refractivity contribution < 1.29 is 18.3 Å². The predicted octanol–water partition coefficient (Wildman–Crippen LogP) is -0.137. The first-order valence-corrected chi connectivity index (χ1v) is 7.38. The average molecular weight is 264 g/mol. The number of aliphatic carboxylic acids is 1. The smallest absolute Gasteiger partial charge is 0.303 e. The van der Waals surface area contributed by atoms with Gasteiger partial charge in [-0.25, -0.2) is 8.42 Å². The second-order valence-electron chi connectivity index (χ2n) is 4.54. The van der Waals surface area contributed by atoms with E-state index in [0.717, 1.165) is 0 Å². The molecule has 0 bridgehead atoms. The van der Waals surface area contributed by atoms with Crippen LogP contribution in [0.5, 0.6) is 0 Å². The molecule has 100 valence electrons. The first kappa shape index (κ1) is 14.4. The standard InChI is InChI=1S/C10H20N2O4S/c1-8-7-12(9(2)6-11-8)17(15,16)5-3-4-10(13)14/h8-9,11H,3-7H2,1-2H3,(H,13,14). The van der Waals surface area contributed by atoms with Gasteiger partial charge in [0.15, 0.2) is 0 Å². The molecule has 1 fully saturated rings. The van der Waals surface area contributed by atoms with Gasteiger partial charge < -0.3 is 10.4 Å². The highest BCUT2D eigenvalue weighted by molar-refractivity contribution is 7.89. The van der Waals surface area contributed by atoms with Crippen molar-refractivity contribution in [3.63, 3.8) is 0 Å². The van der Waals surface area contributed by atoms with Crippen molar-refractivity contribution >= 4 is 16.0 Å². The fourth-order valence-corrected chi connectivity index (χ4v) is 3.72. The molecule has 0 amide bonds. The molecular weight excluding hydrogens is 244 g/mol. The molecule has 2 unspecified atom stereocenters. The zero-order valence-electron chi connectivity index (χ0n) is 10.2. The number of carboxylic acid groups (broad SMARTS) is 1. The van der Waals surface area contributed by atoms with Gasteiger partial charge in [0.05, 0.1) is 5.75 Å². The first-order chi connectivity index (χ1) is 7.83. The van der Waals surface area contributed by atoms with Crippen molar-refractivity contribution in [2.45, 2.75) is 38.8 Å². The summed E-state index contributed by atoms with van der Waals surface area (Å²) in [6.45, 7) is 4.88. The van der Waals surface area contributed by atoms with Crippen LogP contribution in [-0.2, 0) is 14.8 Å². The number of nitrogens with zero attached hydrogens (tertiary/aromatic N) is 1. The van der Waals surface area contributed by atoms with Crippen LogP contribution in [0.2, 0.25) is 0 Å². The summed E-state index contributed by atoms with van der Waals surface area (Å²) in [6, 6.07) is 0.0708. The van der Waals surface area contributed by atoms with E-state index in [9.17, 15) is 13.2 Å². The number of hydrogen-bond acceptors (Lipinski definition) is 4. The van der Waals surface area contributed by atoms with E-state index in [1.165, 1.54) is 4.31 Å². The Hall–Kier alpha value is -0.660. The molecule has 1 aliphatic rings. The average Bonchev–Trinajstić information content (AvgIpc) is 2.20. The predicted molar refractivity (Wildman–Crippen MR) is 64.3 cm³/mol. The Balaban J connectivity index is 2.58. The highest BCUT2D eigenvalue weighted by Crippen LogP contribution is 2.14. The van der Waals surface area contributed by atoms with Gasteiger partial charge in [-0.05, 0) is 20.3 Å². The molecule has 7 heteroatoms. The Labute approximate surface area is 102 Å². The maximum atomic E-state index is 12.0. The van der Waals surface area contributed by atoms with Crippen molar-refractivity contribution in [2.75, 3.05) is 18.8 Å². The van der Waals surface area contributed by atoms with Crippen LogP contribution in [0, 0.1) is 0 Å². The Morgan fingerprint density at radius 2 is 2.12 bits per heavy atom. The molecule has 2 atom stereocenters. The topological polar surface area (TPSA) is 86.7 Å². The lowest BCUT2D eigenvalue weighted by atomic mass is 10.2. The fraction of sp³-hybridized carbons (Fsp3) is 0.900. The SMILES string of the molecule is CC1CN(S(=O)(=O)CCCC(=O)O)C(C)CN1. The van der Waals surface area contributed by atoms with Gasteiger partial charge in [0, 0.05) is 31.6 Å². The van der Waals surface area contributed by atoms with Crippen LogP contribution in [-0.4, -0.2) is 54.7 Å². The van der Waals surface area contributed by atoms with Crippen molar-refractivity contribution in [3.05, 3.63) is 0 Å². The number of carbonyl (C=O) groups is 1. The fourth-order valence-electron chi connectivity index (χ4n) is 1.90. The van der Waals surface area contributed by atoms with E-state index in [0.29, 0.717) is 13.1 Å². The van der Waals surface area contributed by atoms with Crippen LogP contribution in [0.4, 0.5) is 0 Å². The van der Waals surface area contributed by atoms with Gasteiger partial charge in [-0.1, -0.05) is 0 Å². The van der Waals surface area contributed by atoms with Crippen LogP contribution in [0.25, 0.3) is 0 Å². The molecule has 0 saturated carbocycles.